The first-order valence-electron chi connectivity index (χ1n) is 5.98. The molecule has 0 N–H and O–H groups in total. The minimum atomic E-state index is 0. The molecule has 0 heterocycles. The van der Waals surface area contributed by atoms with Crippen molar-refractivity contribution in [3.8, 4) is 0 Å². The summed E-state index contributed by atoms with van der Waals surface area (Å²) in [7, 11) is 0. The Morgan fingerprint density at radius 1 is 0.471 bits per heavy atom. The Hall–Kier alpha value is 0.372. The van der Waals surface area contributed by atoms with Crippen LogP contribution in [0.5, 0.6) is 0 Å². The molecule has 0 aromatic rings. The molecule has 0 amide bonds. The molecule has 0 saturated heterocycles. The van der Waals surface area contributed by atoms with Crippen molar-refractivity contribution in [2.24, 2.45) is 0 Å². The van der Waals surface area contributed by atoms with E-state index in [2.05, 4.69) is 0 Å². The first kappa shape index (κ1) is 30.4. The molecule has 0 fully saturated rings. The predicted molar refractivity (Wildman–Crippen MR) is 60.6 cm³/mol. The maximum Gasteiger partial charge on any atom is 4.00 e. The summed E-state index contributed by atoms with van der Waals surface area (Å²) in [6.45, 7) is 7.75. The van der Waals surface area contributed by atoms with Crippen molar-refractivity contribution >= 4 is 0 Å². The van der Waals surface area contributed by atoms with Gasteiger partial charge in [-0.25, -0.2) is 0 Å². The van der Waals surface area contributed by atoms with Gasteiger partial charge in [0.1, 0.15) is 0 Å². The Balaban J connectivity index is -0.0000000369. The van der Waals surface area contributed by atoms with E-state index in [1.165, 1.54) is 0 Å². The summed E-state index contributed by atoms with van der Waals surface area (Å²) < 4.78 is 0. The quantitative estimate of drug-likeness (QED) is 0.665. The second kappa shape index (κ2) is 55.2. The smallest absolute Gasteiger partial charge is 0.854 e. The van der Waals surface area contributed by atoms with Crippen molar-refractivity contribution in [3.63, 3.8) is 0 Å². The zero-order chi connectivity index (χ0) is 13.7. The van der Waals surface area contributed by atoms with Crippen molar-refractivity contribution in [1.29, 1.82) is 0 Å². The van der Waals surface area contributed by atoms with Gasteiger partial charge < -0.3 is 20.4 Å². The fourth-order valence-electron chi connectivity index (χ4n) is 0. The van der Waals surface area contributed by atoms with Crippen molar-refractivity contribution in [2.45, 2.75) is 53.4 Å². The molecule has 0 unspecified atom stereocenters. The Bertz CT molecular complexity index is 42.5. The van der Waals surface area contributed by atoms with Gasteiger partial charge in [-0.15, -0.1) is 26.4 Å². The van der Waals surface area contributed by atoms with Crippen LogP contribution < -0.4 is 20.4 Å². The van der Waals surface area contributed by atoms with Gasteiger partial charge in [0, 0.05) is 0 Å². The maximum absolute atomic E-state index is 9.30. The van der Waals surface area contributed by atoms with Gasteiger partial charge in [-0.05, 0) is 0 Å². The molecule has 0 aromatic heterocycles. The molecule has 0 aliphatic heterocycles. The van der Waals surface area contributed by atoms with Gasteiger partial charge in [-0.2, -0.15) is 0 Å². The van der Waals surface area contributed by atoms with Gasteiger partial charge in [0.15, 0.2) is 0 Å². The van der Waals surface area contributed by atoms with Crippen molar-refractivity contribution < 1.29 is 37.8 Å². The normalized spacial score (nSPS) is 7.06. The van der Waals surface area contributed by atoms with Crippen LogP contribution in [-0.4, -0.2) is 26.4 Å². The molecule has 0 spiro atoms. The van der Waals surface area contributed by atoms with E-state index in [1.807, 2.05) is 27.7 Å². The molecular formula is C12H28CrO4. The van der Waals surface area contributed by atoms with E-state index in [0.717, 1.165) is 25.7 Å². The summed E-state index contributed by atoms with van der Waals surface area (Å²) in [6, 6.07) is 0. The Kier molecular flexibility index (Phi) is 98.8. The van der Waals surface area contributed by atoms with E-state index in [9.17, 15) is 20.4 Å². The standard InChI is InChI=1S/4C3H7O.Cr/c4*1-2-3-4;/h4*2-3H2,1H3;/q4*-1;+4. The molecule has 0 aromatic carbocycles. The van der Waals surface area contributed by atoms with E-state index in [-0.39, 0.29) is 43.8 Å². The third kappa shape index (κ3) is 177. The first-order valence-corrected chi connectivity index (χ1v) is 5.98. The SMILES string of the molecule is CCC[O-].CCC[O-].CCC[O-].CCC[O-].[Cr+4]. The van der Waals surface area contributed by atoms with Gasteiger partial charge in [-0.3, -0.25) is 0 Å². The van der Waals surface area contributed by atoms with Gasteiger partial charge in [0.25, 0.3) is 0 Å². The molecule has 0 rings (SSSR count). The average molecular weight is 288 g/mol. The van der Waals surface area contributed by atoms with E-state index < -0.39 is 0 Å². The second-order valence-corrected chi connectivity index (χ2v) is 2.82. The minimum absolute atomic E-state index is 0. The van der Waals surface area contributed by atoms with Crippen molar-refractivity contribution in [3.05, 3.63) is 0 Å². The maximum atomic E-state index is 9.30. The van der Waals surface area contributed by atoms with Crippen LogP contribution in [0, 0.1) is 0 Å². The van der Waals surface area contributed by atoms with E-state index in [0.29, 0.717) is 0 Å². The number of hydrogen-bond donors (Lipinski definition) is 0. The Morgan fingerprint density at radius 3 is 0.529 bits per heavy atom. The van der Waals surface area contributed by atoms with Gasteiger partial charge in [-0.1, -0.05) is 53.4 Å². The molecule has 0 aliphatic rings. The molecule has 5 heteroatoms. The molecule has 0 radical (unpaired) electrons. The second-order valence-electron chi connectivity index (χ2n) is 2.82. The average Bonchev–Trinajstić information content (AvgIpc) is 2.39. The molecule has 0 aliphatic carbocycles. The van der Waals surface area contributed by atoms with Crippen LogP contribution in [0.15, 0.2) is 0 Å². The van der Waals surface area contributed by atoms with Gasteiger partial charge in [0.05, 0.1) is 0 Å². The third-order valence-electron chi connectivity index (χ3n) is 0.816. The number of rotatable bonds is 4. The molecule has 0 bridgehead atoms. The molecule has 17 heavy (non-hydrogen) atoms. The Labute approximate surface area is 118 Å². The third-order valence-corrected chi connectivity index (χ3v) is 0.816. The molecule has 0 saturated carbocycles. The van der Waals surface area contributed by atoms with E-state index in [4.69, 9.17) is 0 Å². The van der Waals surface area contributed by atoms with Crippen LogP contribution in [0.1, 0.15) is 53.4 Å². The number of hydrogen-bond acceptors (Lipinski definition) is 4. The minimum Gasteiger partial charge on any atom is -0.854 e. The summed E-state index contributed by atoms with van der Waals surface area (Å²) in [5.41, 5.74) is 0. The first-order chi connectivity index (χ1) is 7.66. The monoisotopic (exact) mass is 288 g/mol. The largest absolute Gasteiger partial charge is 4.00 e. The van der Waals surface area contributed by atoms with Crippen LogP contribution in [-0.2, 0) is 17.4 Å². The summed E-state index contributed by atoms with van der Waals surface area (Å²) in [6.07, 6.45) is 3.06. The van der Waals surface area contributed by atoms with Crippen molar-refractivity contribution in [2.75, 3.05) is 26.4 Å². The topological polar surface area (TPSA) is 92.2 Å². The van der Waals surface area contributed by atoms with Gasteiger partial charge >= 0.3 is 17.4 Å². The Morgan fingerprint density at radius 2 is 0.529 bits per heavy atom. The zero-order valence-corrected chi connectivity index (χ0v) is 13.0. The van der Waals surface area contributed by atoms with Crippen LogP contribution in [0.2, 0.25) is 0 Å². The molecule has 4 nitrogen and oxygen atoms in total. The van der Waals surface area contributed by atoms with Crippen LogP contribution in [0.4, 0.5) is 0 Å². The summed E-state index contributed by atoms with van der Waals surface area (Å²) in [5.74, 6) is 0. The summed E-state index contributed by atoms with van der Waals surface area (Å²) in [4.78, 5) is 0. The fraction of sp³-hybridized carbons (Fsp3) is 1.00. The van der Waals surface area contributed by atoms with Crippen LogP contribution in [0.3, 0.4) is 0 Å². The van der Waals surface area contributed by atoms with Gasteiger partial charge in [0.2, 0.25) is 0 Å². The summed E-state index contributed by atoms with van der Waals surface area (Å²) in [5, 5.41) is 37.2. The fourth-order valence-corrected chi connectivity index (χ4v) is 0. The predicted octanol–water partition coefficient (Wildman–Crippen LogP) is -0.976. The molecule has 106 valence electrons. The zero-order valence-electron chi connectivity index (χ0n) is 11.7. The molecular weight excluding hydrogens is 260 g/mol. The van der Waals surface area contributed by atoms with Crippen LogP contribution in [0.25, 0.3) is 0 Å². The van der Waals surface area contributed by atoms with E-state index >= 15 is 0 Å². The van der Waals surface area contributed by atoms with E-state index in [1.54, 1.807) is 0 Å². The van der Waals surface area contributed by atoms with Crippen LogP contribution >= 0.6 is 0 Å². The molecule has 0 atom stereocenters. The van der Waals surface area contributed by atoms with Crippen molar-refractivity contribution in [1.82, 2.24) is 0 Å². The summed E-state index contributed by atoms with van der Waals surface area (Å²) >= 11 is 0.